The van der Waals surface area contributed by atoms with Crippen LogP contribution in [-0.4, -0.2) is 0 Å². The standard InChI is InChI=1S/C12H13BrFNO/c1-2-3-10(15)11-5-7-4-8(13)6-9(14)12(7)16-11/h4-6,10H,2-3,15H2,1H3. The highest BCUT2D eigenvalue weighted by atomic mass is 79.9. The zero-order valence-electron chi connectivity index (χ0n) is 8.97. The third-order valence-electron chi connectivity index (χ3n) is 2.52. The van der Waals surface area contributed by atoms with E-state index in [0.717, 1.165) is 18.2 Å². The Kier molecular flexibility index (Phi) is 3.30. The van der Waals surface area contributed by atoms with Crippen molar-refractivity contribution in [3.63, 3.8) is 0 Å². The van der Waals surface area contributed by atoms with Gasteiger partial charge >= 0.3 is 0 Å². The molecule has 1 atom stereocenters. The Balaban J connectivity index is 2.47. The lowest BCUT2D eigenvalue weighted by Gasteiger charge is -2.04. The molecule has 0 amide bonds. The first-order valence-electron chi connectivity index (χ1n) is 5.26. The Hall–Kier alpha value is -0.870. The van der Waals surface area contributed by atoms with Crippen LogP contribution >= 0.6 is 15.9 Å². The lowest BCUT2D eigenvalue weighted by atomic mass is 10.1. The van der Waals surface area contributed by atoms with Crippen LogP contribution < -0.4 is 5.73 Å². The van der Waals surface area contributed by atoms with Crippen LogP contribution in [0.25, 0.3) is 11.0 Å². The third kappa shape index (κ3) is 2.13. The highest BCUT2D eigenvalue weighted by Gasteiger charge is 2.14. The minimum absolute atomic E-state index is 0.157. The number of hydrogen-bond donors (Lipinski definition) is 1. The number of rotatable bonds is 3. The molecule has 1 unspecified atom stereocenters. The average molecular weight is 286 g/mol. The second-order valence-electron chi connectivity index (χ2n) is 3.85. The zero-order valence-corrected chi connectivity index (χ0v) is 10.6. The van der Waals surface area contributed by atoms with Crippen LogP contribution in [0.5, 0.6) is 0 Å². The first-order valence-corrected chi connectivity index (χ1v) is 6.05. The van der Waals surface area contributed by atoms with Gasteiger partial charge in [0, 0.05) is 9.86 Å². The van der Waals surface area contributed by atoms with Gasteiger partial charge in [-0.1, -0.05) is 29.3 Å². The molecule has 0 bridgehead atoms. The number of nitrogens with two attached hydrogens (primary N) is 1. The molecular weight excluding hydrogens is 273 g/mol. The second kappa shape index (κ2) is 4.55. The van der Waals surface area contributed by atoms with E-state index in [1.54, 1.807) is 0 Å². The van der Waals surface area contributed by atoms with Crippen molar-refractivity contribution < 1.29 is 8.81 Å². The summed E-state index contributed by atoms with van der Waals surface area (Å²) < 4.78 is 19.7. The predicted molar refractivity (Wildman–Crippen MR) is 65.7 cm³/mol. The molecule has 0 saturated carbocycles. The number of furan rings is 1. The van der Waals surface area contributed by atoms with Crippen LogP contribution in [0.15, 0.2) is 27.1 Å². The first-order chi connectivity index (χ1) is 7.61. The molecule has 0 spiro atoms. The Morgan fingerprint density at radius 1 is 1.44 bits per heavy atom. The third-order valence-corrected chi connectivity index (χ3v) is 2.98. The Labute approximate surface area is 102 Å². The molecule has 1 aromatic carbocycles. The molecule has 2 rings (SSSR count). The number of benzene rings is 1. The maximum atomic E-state index is 13.5. The van der Waals surface area contributed by atoms with Gasteiger partial charge in [0.25, 0.3) is 0 Å². The summed E-state index contributed by atoms with van der Waals surface area (Å²) in [7, 11) is 0. The van der Waals surface area contributed by atoms with Crippen molar-refractivity contribution in [3.05, 3.63) is 34.2 Å². The van der Waals surface area contributed by atoms with Gasteiger partial charge in [0.1, 0.15) is 5.76 Å². The highest BCUT2D eigenvalue weighted by Crippen LogP contribution is 2.29. The minimum atomic E-state index is -0.362. The Morgan fingerprint density at radius 2 is 2.19 bits per heavy atom. The number of hydrogen-bond acceptors (Lipinski definition) is 2. The van der Waals surface area contributed by atoms with E-state index in [4.69, 9.17) is 10.2 Å². The summed E-state index contributed by atoms with van der Waals surface area (Å²) >= 11 is 3.25. The molecule has 0 radical (unpaired) electrons. The van der Waals surface area contributed by atoms with Gasteiger partial charge in [-0.05, 0) is 24.6 Å². The molecule has 4 heteroatoms. The maximum absolute atomic E-state index is 13.5. The Bertz CT molecular complexity index is 509. The topological polar surface area (TPSA) is 39.2 Å². The van der Waals surface area contributed by atoms with Crippen molar-refractivity contribution in [2.45, 2.75) is 25.8 Å². The van der Waals surface area contributed by atoms with E-state index in [1.807, 2.05) is 12.1 Å². The van der Waals surface area contributed by atoms with Crippen molar-refractivity contribution >= 4 is 26.9 Å². The van der Waals surface area contributed by atoms with E-state index < -0.39 is 0 Å². The lowest BCUT2D eigenvalue weighted by molar-refractivity contribution is 0.463. The van der Waals surface area contributed by atoms with Gasteiger partial charge in [-0.25, -0.2) is 4.39 Å². The fourth-order valence-electron chi connectivity index (χ4n) is 1.73. The van der Waals surface area contributed by atoms with Gasteiger partial charge in [0.05, 0.1) is 6.04 Å². The number of fused-ring (bicyclic) bond motifs is 1. The quantitative estimate of drug-likeness (QED) is 0.921. The molecule has 0 aliphatic rings. The van der Waals surface area contributed by atoms with Gasteiger partial charge in [0.2, 0.25) is 0 Å². The van der Waals surface area contributed by atoms with E-state index in [0.29, 0.717) is 10.2 Å². The highest BCUT2D eigenvalue weighted by molar-refractivity contribution is 9.10. The molecule has 2 aromatic rings. The molecule has 0 aliphatic heterocycles. The fraction of sp³-hybridized carbons (Fsp3) is 0.333. The van der Waals surface area contributed by atoms with Crippen LogP contribution in [-0.2, 0) is 0 Å². The van der Waals surface area contributed by atoms with E-state index in [-0.39, 0.29) is 17.4 Å². The maximum Gasteiger partial charge on any atom is 0.170 e. The van der Waals surface area contributed by atoms with Crippen molar-refractivity contribution in [1.29, 1.82) is 0 Å². The summed E-state index contributed by atoms with van der Waals surface area (Å²) in [6.07, 6.45) is 1.81. The first kappa shape index (κ1) is 11.6. The van der Waals surface area contributed by atoms with Crippen LogP contribution in [0.3, 0.4) is 0 Å². The zero-order chi connectivity index (χ0) is 11.7. The summed E-state index contributed by atoms with van der Waals surface area (Å²) in [5.74, 6) is 0.285. The smallest absolute Gasteiger partial charge is 0.170 e. The lowest BCUT2D eigenvalue weighted by Crippen LogP contribution is -2.08. The van der Waals surface area contributed by atoms with Gasteiger partial charge in [0.15, 0.2) is 11.4 Å². The molecule has 86 valence electrons. The molecule has 2 N–H and O–H groups in total. The van der Waals surface area contributed by atoms with E-state index in [1.165, 1.54) is 6.07 Å². The van der Waals surface area contributed by atoms with Crippen LogP contribution in [0, 0.1) is 5.82 Å². The summed E-state index contributed by atoms with van der Waals surface area (Å²) in [6, 6.07) is 4.87. The summed E-state index contributed by atoms with van der Waals surface area (Å²) in [5, 5.41) is 0.744. The van der Waals surface area contributed by atoms with Crippen LogP contribution in [0.4, 0.5) is 4.39 Å². The van der Waals surface area contributed by atoms with Crippen molar-refractivity contribution in [2.75, 3.05) is 0 Å². The van der Waals surface area contributed by atoms with Gasteiger partial charge in [-0.3, -0.25) is 0 Å². The summed E-state index contributed by atoms with van der Waals surface area (Å²) in [6.45, 7) is 2.06. The number of halogens is 2. The van der Waals surface area contributed by atoms with Crippen LogP contribution in [0.1, 0.15) is 31.6 Å². The Morgan fingerprint density at radius 3 is 2.88 bits per heavy atom. The predicted octanol–water partition coefficient (Wildman–Crippen LogP) is 4.13. The van der Waals surface area contributed by atoms with Gasteiger partial charge in [-0.2, -0.15) is 0 Å². The molecule has 0 saturated heterocycles. The molecule has 16 heavy (non-hydrogen) atoms. The SMILES string of the molecule is CCCC(N)c1cc2cc(Br)cc(F)c2o1. The normalized spacial score (nSPS) is 13.2. The average Bonchev–Trinajstić information content (AvgIpc) is 2.62. The van der Waals surface area contributed by atoms with Gasteiger partial charge in [-0.15, -0.1) is 0 Å². The fourth-order valence-corrected chi connectivity index (χ4v) is 2.18. The largest absolute Gasteiger partial charge is 0.456 e. The minimum Gasteiger partial charge on any atom is -0.456 e. The summed E-state index contributed by atoms with van der Waals surface area (Å²) in [4.78, 5) is 0. The monoisotopic (exact) mass is 285 g/mol. The van der Waals surface area contributed by atoms with Crippen molar-refractivity contribution in [1.82, 2.24) is 0 Å². The summed E-state index contributed by atoms with van der Waals surface area (Å²) in [5.41, 5.74) is 6.21. The molecule has 0 aliphatic carbocycles. The van der Waals surface area contributed by atoms with Crippen molar-refractivity contribution in [3.8, 4) is 0 Å². The molecule has 1 aromatic heterocycles. The molecular formula is C12H13BrFNO. The molecule has 1 heterocycles. The van der Waals surface area contributed by atoms with Crippen LogP contribution in [0.2, 0.25) is 0 Å². The van der Waals surface area contributed by atoms with Gasteiger partial charge < -0.3 is 10.2 Å². The molecule has 2 nitrogen and oxygen atoms in total. The van der Waals surface area contributed by atoms with Crippen molar-refractivity contribution in [2.24, 2.45) is 5.73 Å². The van der Waals surface area contributed by atoms with E-state index in [9.17, 15) is 4.39 Å². The second-order valence-corrected chi connectivity index (χ2v) is 4.77. The van der Waals surface area contributed by atoms with E-state index in [2.05, 4.69) is 22.9 Å². The van der Waals surface area contributed by atoms with E-state index >= 15 is 0 Å². The molecule has 0 fully saturated rings.